The summed E-state index contributed by atoms with van der Waals surface area (Å²) in [5.41, 5.74) is 0.961. The number of thiazole rings is 1. The van der Waals surface area contributed by atoms with Crippen molar-refractivity contribution in [3.8, 4) is 9.88 Å². The van der Waals surface area contributed by atoms with Crippen molar-refractivity contribution in [1.82, 2.24) is 9.88 Å². The maximum Gasteiger partial charge on any atom is 0.264 e. The highest BCUT2D eigenvalue weighted by molar-refractivity contribution is 7.91. The molecule has 8 heteroatoms. The number of aromatic nitrogens is 1. The van der Waals surface area contributed by atoms with Crippen LogP contribution in [0.5, 0.6) is 0 Å². The third-order valence-corrected chi connectivity index (χ3v) is 8.73. The Bertz CT molecular complexity index is 1050. The van der Waals surface area contributed by atoms with Gasteiger partial charge in [-0.3, -0.25) is 4.79 Å². The van der Waals surface area contributed by atoms with Crippen molar-refractivity contribution < 1.29 is 13.2 Å². The van der Waals surface area contributed by atoms with Crippen LogP contribution in [0, 0.1) is 0 Å². The van der Waals surface area contributed by atoms with Gasteiger partial charge in [0.2, 0.25) is 0 Å². The number of amides is 1. The maximum atomic E-state index is 13.1. The number of sulfone groups is 1. The first-order chi connectivity index (χ1) is 13.0. The van der Waals surface area contributed by atoms with Gasteiger partial charge in [-0.2, -0.15) is 0 Å². The van der Waals surface area contributed by atoms with E-state index in [0.29, 0.717) is 17.8 Å². The Morgan fingerprint density at radius 3 is 2.74 bits per heavy atom. The van der Waals surface area contributed by atoms with Crippen molar-refractivity contribution in [3.05, 3.63) is 41.3 Å². The standard InChI is InChI=1S/C19H20N2O3S3/c1-2-10-21(13-9-11-27(23,24)12-13)19(22)17-8-7-16(25-17)18-20-14-5-3-4-6-15(14)26-18/h3-8,13H,2,9-12H2,1H3. The van der Waals surface area contributed by atoms with Gasteiger partial charge >= 0.3 is 0 Å². The molecule has 0 bridgehead atoms. The Hall–Kier alpha value is -1.77. The molecule has 1 aromatic carbocycles. The minimum absolute atomic E-state index is 0.0729. The molecule has 3 heterocycles. The number of fused-ring (bicyclic) bond motifs is 1. The van der Waals surface area contributed by atoms with E-state index in [2.05, 4.69) is 4.98 Å². The summed E-state index contributed by atoms with van der Waals surface area (Å²) >= 11 is 3.04. The van der Waals surface area contributed by atoms with E-state index in [9.17, 15) is 13.2 Å². The summed E-state index contributed by atoms with van der Waals surface area (Å²) in [5.74, 6) is 0.179. The SMILES string of the molecule is CCCN(C(=O)c1ccc(-c2nc3ccccc3s2)s1)C1CCS(=O)(=O)C1. The molecule has 1 saturated heterocycles. The number of nitrogens with zero attached hydrogens (tertiary/aromatic N) is 2. The summed E-state index contributed by atoms with van der Waals surface area (Å²) in [6.45, 7) is 2.58. The van der Waals surface area contributed by atoms with Crippen LogP contribution in [-0.2, 0) is 9.84 Å². The van der Waals surface area contributed by atoms with E-state index in [-0.39, 0.29) is 23.5 Å². The molecule has 1 unspecified atom stereocenters. The van der Waals surface area contributed by atoms with Gasteiger partial charge in [-0.15, -0.1) is 22.7 Å². The van der Waals surface area contributed by atoms with Crippen LogP contribution in [0.25, 0.3) is 20.1 Å². The summed E-state index contributed by atoms with van der Waals surface area (Å²) in [5, 5.41) is 0.908. The van der Waals surface area contributed by atoms with Gasteiger partial charge in [0.1, 0.15) is 5.01 Å². The second-order valence-electron chi connectivity index (χ2n) is 6.71. The average molecular weight is 421 g/mol. The smallest absolute Gasteiger partial charge is 0.264 e. The van der Waals surface area contributed by atoms with Crippen LogP contribution in [0.15, 0.2) is 36.4 Å². The van der Waals surface area contributed by atoms with E-state index in [1.807, 2.05) is 43.3 Å². The monoisotopic (exact) mass is 420 g/mol. The molecule has 4 rings (SSSR count). The summed E-state index contributed by atoms with van der Waals surface area (Å²) in [6.07, 6.45) is 1.34. The third-order valence-electron chi connectivity index (χ3n) is 4.70. The molecule has 0 saturated carbocycles. The Balaban J connectivity index is 1.59. The van der Waals surface area contributed by atoms with Crippen LogP contribution in [0.2, 0.25) is 0 Å². The van der Waals surface area contributed by atoms with Gasteiger partial charge in [-0.05, 0) is 37.1 Å². The highest BCUT2D eigenvalue weighted by Crippen LogP contribution is 2.35. The zero-order chi connectivity index (χ0) is 19.0. The van der Waals surface area contributed by atoms with Gasteiger partial charge in [0.15, 0.2) is 9.84 Å². The van der Waals surface area contributed by atoms with Crippen molar-refractivity contribution in [1.29, 1.82) is 0 Å². The maximum absolute atomic E-state index is 13.1. The van der Waals surface area contributed by atoms with Gasteiger partial charge in [0.25, 0.3) is 5.91 Å². The lowest BCUT2D eigenvalue weighted by atomic mass is 10.2. The second kappa shape index (κ2) is 7.33. The lowest BCUT2D eigenvalue weighted by molar-refractivity contribution is 0.0702. The molecular weight excluding hydrogens is 400 g/mol. The highest BCUT2D eigenvalue weighted by atomic mass is 32.2. The van der Waals surface area contributed by atoms with Gasteiger partial charge < -0.3 is 4.90 Å². The van der Waals surface area contributed by atoms with Gasteiger partial charge in [-0.1, -0.05) is 19.1 Å². The number of carbonyl (C=O) groups is 1. The van der Waals surface area contributed by atoms with E-state index >= 15 is 0 Å². The van der Waals surface area contributed by atoms with E-state index in [0.717, 1.165) is 26.5 Å². The minimum atomic E-state index is -3.03. The molecule has 1 aliphatic rings. The number of thiophene rings is 1. The van der Waals surface area contributed by atoms with Crippen molar-refractivity contribution in [3.63, 3.8) is 0 Å². The molecule has 0 N–H and O–H groups in total. The fourth-order valence-electron chi connectivity index (χ4n) is 3.40. The quantitative estimate of drug-likeness (QED) is 0.624. The molecule has 2 aromatic heterocycles. The van der Waals surface area contributed by atoms with E-state index in [1.165, 1.54) is 11.3 Å². The molecule has 1 atom stereocenters. The van der Waals surface area contributed by atoms with Crippen LogP contribution in [0.4, 0.5) is 0 Å². The average Bonchev–Trinajstić information content (AvgIpc) is 3.36. The molecule has 1 fully saturated rings. The predicted molar refractivity (Wildman–Crippen MR) is 111 cm³/mol. The van der Waals surface area contributed by atoms with E-state index in [1.54, 1.807) is 16.2 Å². The molecule has 0 aliphatic carbocycles. The molecule has 1 aliphatic heterocycles. The predicted octanol–water partition coefficient (Wildman–Crippen LogP) is 4.06. The number of carbonyl (C=O) groups excluding carboxylic acids is 1. The van der Waals surface area contributed by atoms with Gasteiger partial charge in [0.05, 0.1) is 31.5 Å². The molecule has 1 amide bonds. The molecule has 27 heavy (non-hydrogen) atoms. The molecule has 5 nitrogen and oxygen atoms in total. The van der Waals surface area contributed by atoms with Crippen molar-refractivity contribution in [2.24, 2.45) is 0 Å². The number of para-hydroxylation sites is 1. The van der Waals surface area contributed by atoms with Crippen LogP contribution < -0.4 is 0 Å². The van der Waals surface area contributed by atoms with Crippen molar-refractivity contribution in [2.45, 2.75) is 25.8 Å². The first-order valence-corrected chi connectivity index (χ1v) is 12.4. The lowest BCUT2D eigenvalue weighted by Crippen LogP contribution is -2.41. The summed E-state index contributed by atoms with van der Waals surface area (Å²) < 4.78 is 24.8. The molecule has 142 valence electrons. The first kappa shape index (κ1) is 18.6. The van der Waals surface area contributed by atoms with E-state index < -0.39 is 9.84 Å². The minimum Gasteiger partial charge on any atom is -0.334 e. The fourth-order valence-corrected chi connectivity index (χ4v) is 7.11. The lowest BCUT2D eigenvalue weighted by Gasteiger charge is -2.27. The summed E-state index contributed by atoms with van der Waals surface area (Å²) in [7, 11) is -3.03. The second-order valence-corrected chi connectivity index (χ2v) is 11.0. The Morgan fingerprint density at radius 1 is 1.22 bits per heavy atom. The normalized spacial score (nSPS) is 18.8. The fraction of sp³-hybridized carbons (Fsp3) is 0.368. The highest BCUT2D eigenvalue weighted by Gasteiger charge is 2.35. The molecule has 3 aromatic rings. The number of benzene rings is 1. The topological polar surface area (TPSA) is 67.3 Å². The Kier molecular flexibility index (Phi) is 5.05. The van der Waals surface area contributed by atoms with Gasteiger partial charge in [0, 0.05) is 12.6 Å². The van der Waals surface area contributed by atoms with Crippen molar-refractivity contribution in [2.75, 3.05) is 18.1 Å². The van der Waals surface area contributed by atoms with Gasteiger partial charge in [-0.25, -0.2) is 13.4 Å². The molecule has 0 spiro atoms. The number of hydrogen-bond acceptors (Lipinski definition) is 6. The number of rotatable bonds is 5. The zero-order valence-corrected chi connectivity index (χ0v) is 17.4. The first-order valence-electron chi connectivity index (χ1n) is 8.94. The van der Waals surface area contributed by atoms with Crippen LogP contribution in [0.3, 0.4) is 0 Å². The van der Waals surface area contributed by atoms with E-state index in [4.69, 9.17) is 0 Å². The largest absolute Gasteiger partial charge is 0.334 e. The number of hydrogen-bond donors (Lipinski definition) is 0. The summed E-state index contributed by atoms with van der Waals surface area (Å²) in [6, 6.07) is 11.5. The zero-order valence-electron chi connectivity index (χ0n) is 14.9. The van der Waals surface area contributed by atoms with Crippen LogP contribution >= 0.6 is 22.7 Å². The van der Waals surface area contributed by atoms with Crippen LogP contribution in [0.1, 0.15) is 29.4 Å². The third kappa shape index (κ3) is 3.79. The Labute approximate surface area is 166 Å². The Morgan fingerprint density at radius 2 is 2.04 bits per heavy atom. The van der Waals surface area contributed by atoms with Crippen molar-refractivity contribution >= 4 is 48.6 Å². The molecular formula is C19H20N2O3S3. The molecule has 0 radical (unpaired) electrons. The summed E-state index contributed by atoms with van der Waals surface area (Å²) in [4.78, 5) is 21.1. The van der Waals surface area contributed by atoms with Crippen LogP contribution in [-0.4, -0.2) is 48.3 Å².